The normalized spacial score (nSPS) is 16.7. The van der Waals surface area contributed by atoms with Crippen LogP contribution in [0.4, 0.5) is 14.9 Å². The molecule has 2 heterocycles. The van der Waals surface area contributed by atoms with Gasteiger partial charge in [-0.2, -0.15) is 0 Å². The van der Waals surface area contributed by atoms with Crippen LogP contribution in [0.3, 0.4) is 0 Å². The zero-order valence-corrected chi connectivity index (χ0v) is 21.7. The Balaban J connectivity index is 1.86. The Kier molecular flexibility index (Phi) is 7.77. The highest BCUT2D eigenvalue weighted by atomic mass is 19.1. The number of rotatable bonds is 6. The smallest absolute Gasteiger partial charge is 0.410 e. The molecule has 0 aliphatic carbocycles. The monoisotopic (exact) mass is 489 g/mol. The molecule has 0 unspecified atom stereocenters. The number of ether oxygens (including phenoxy) is 2. The largest absolute Gasteiger partial charge is 0.491 e. The molecule has 1 saturated heterocycles. The number of amides is 2. The van der Waals surface area contributed by atoms with Gasteiger partial charge in [0.1, 0.15) is 23.7 Å². The van der Waals surface area contributed by atoms with E-state index in [1.807, 2.05) is 27.7 Å². The summed E-state index contributed by atoms with van der Waals surface area (Å²) < 4.78 is 31.3. The Hall–Kier alpha value is -3.10. The second kappa shape index (κ2) is 10.3. The van der Waals surface area contributed by atoms with Crippen LogP contribution in [0.5, 0.6) is 5.75 Å². The minimum atomic E-state index is -2.02. The van der Waals surface area contributed by atoms with Crippen molar-refractivity contribution in [2.45, 2.75) is 85.0 Å². The number of hydrogen-bond acceptors (Lipinski definition) is 6. The summed E-state index contributed by atoms with van der Waals surface area (Å²) in [5, 5.41) is 6.65. The van der Waals surface area contributed by atoms with Crippen LogP contribution in [-0.2, 0) is 9.53 Å². The molecule has 1 fully saturated rings. The van der Waals surface area contributed by atoms with Crippen LogP contribution in [0.15, 0.2) is 22.7 Å². The fraction of sp³-hybridized carbons (Fsp3) is 0.577. The second-order valence-corrected chi connectivity index (χ2v) is 10.5. The van der Waals surface area contributed by atoms with Crippen molar-refractivity contribution < 1.29 is 28.0 Å². The molecule has 0 radical (unpaired) electrons. The molecule has 1 aliphatic rings. The second-order valence-electron chi connectivity index (χ2n) is 10.5. The van der Waals surface area contributed by atoms with Crippen LogP contribution in [0, 0.1) is 13.8 Å². The van der Waals surface area contributed by atoms with Gasteiger partial charge in [-0.05, 0) is 85.9 Å². The number of nitrogens with zero attached hydrogens (tertiary/aromatic N) is 2. The van der Waals surface area contributed by atoms with E-state index in [2.05, 4.69) is 10.5 Å². The van der Waals surface area contributed by atoms with E-state index in [0.717, 1.165) is 24.8 Å². The Morgan fingerprint density at radius 1 is 1.20 bits per heavy atom. The lowest BCUT2D eigenvalue weighted by Gasteiger charge is -2.36. The quantitative estimate of drug-likeness (QED) is 0.550. The van der Waals surface area contributed by atoms with Gasteiger partial charge in [0.15, 0.2) is 5.67 Å². The molecule has 8 nitrogen and oxygen atoms in total. The van der Waals surface area contributed by atoms with Gasteiger partial charge < -0.3 is 24.2 Å². The summed E-state index contributed by atoms with van der Waals surface area (Å²) >= 11 is 0. The minimum Gasteiger partial charge on any atom is -0.491 e. The summed E-state index contributed by atoms with van der Waals surface area (Å²) in [4.78, 5) is 26.7. The molecule has 35 heavy (non-hydrogen) atoms. The zero-order chi connectivity index (χ0) is 26.0. The van der Waals surface area contributed by atoms with Gasteiger partial charge in [-0.3, -0.25) is 4.79 Å². The third-order valence-corrected chi connectivity index (χ3v) is 5.77. The first-order valence-electron chi connectivity index (χ1n) is 12.0. The summed E-state index contributed by atoms with van der Waals surface area (Å²) in [6.07, 6.45) is 2.37. The van der Waals surface area contributed by atoms with Gasteiger partial charge in [0.25, 0.3) is 5.91 Å². The average Bonchev–Trinajstić information content (AvgIpc) is 3.09. The van der Waals surface area contributed by atoms with E-state index in [4.69, 9.17) is 14.0 Å². The number of halogens is 1. The number of aryl methyl sites for hydroxylation is 2. The lowest BCUT2D eigenvalue weighted by molar-refractivity contribution is -0.125. The van der Waals surface area contributed by atoms with Crippen molar-refractivity contribution in [2.24, 2.45) is 0 Å². The number of aromatic nitrogens is 1. The summed E-state index contributed by atoms with van der Waals surface area (Å²) in [5.74, 6) is 0.396. The molecule has 1 atom stereocenters. The van der Waals surface area contributed by atoms with Crippen LogP contribution in [-0.4, -0.2) is 52.5 Å². The first-order chi connectivity index (χ1) is 16.3. The maximum atomic E-state index is 14.1. The Morgan fingerprint density at radius 3 is 2.51 bits per heavy atom. The van der Waals surface area contributed by atoms with E-state index in [1.54, 1.807) is 30.0 Å². The van der Waals surface area contributed by atoms with Crippen molar-refractivity contribution in [2.75, 3.05) is 18.5 Å². The lowest BCUT2D eigenvalue weighted by atomic mass is 10.0. The van der Waals surface area contributed by atoms with Gasteiger partial charge in [0.2, 0.25) is 0 Å². The highest BCUT2D eigenvalue weighted by molar-refractivity contribution is 5.97. The molecule has 9 heteroatoms. The van der Waals surface area contributed by atoms with Crippen molar-refractivity contribution in [1.29, 1.82) is 0 Å². The summed E-state index contributed by atoms with van der Waals surface area (Å²) in [7, 11) is 0. The third kappa shape index (κ3) is 6.74. The topological polar surface area (TPSA) is 93.9 Å². The number of carbonyl (C=O) groups excluding carboxylic acids is 2. The Labute approximate surface area is 206 Å². The SMILES string of the molecule is Cc1noc(C)c1-c1cc(NC(=O)C(C)(C)F)ccc1OC[C@H]1CCCCN1C(=O)OC(C)(C)C. The molecule has 2 amide bonds. The van der Waals surface area contributed by atoms with E-state index in [0.29, 0.717) is 35.0 Å². The van der Waals surface area contributed by atoms with E-state index >= 15 is 0 Å². The number of anilines is 1. The van der Waals surface area contributed by atoms with Crippen LogP contribution < -0.4 is 10.1 Å². The van der Waals surface area contributed by atoms with Crippen LogP contribution >= 0.6 is 0 Å². The fourth-order valence-electron chi connectivity index (χ4n) is 4.00. The summed E-state index contributed by atoms with van der Waals surface area (Å²) in [6.45, 7) is 12.5. The molecule has 192 valence electrons. The average molecular weight is 490 g/mol. The molecule has 2 aromatic rings. The van der Waals surface area contributed by atoms with Gasteiger partial charge in [0.05, 0.1) is 17.3 Å². The highest BCUT2D eigenvalue weighted by Gasteiger charge is 2.31. The van der Waals surface area contributed by atoms with Crippen molar-refractivity contribution in [1.82, 2.24) is 10.1 Å². The Morgan fingerprint density at radius 2 is 1.91 bits per heavy atom. The fourth-order valence-corrected chi connectivity index (χ4v) is 4.00. The lowest BCUT2D eigenvalue weighted by Crippen LogP contribution is -2.48. The molecule has 0 saturated carbocycles. The van der Waals surface area contributed by atoms with E-state index in [-0.39, 0.29) is 18.7 Å². The molecule has 0 spiro atoms. The number of carbonyl (C=O) groups is 2. The van der Waals surface area contributed by atoms with Gasteiger partial charge in [-0.1, -0.05) is 5.16 Å². The molecule has 1 aromatic heterocycles. The number of alkyl halides is 1. The van der Waals surface area contributed by atoms with Gasteiger partial charge in [0, 0.05) is 17.8 Å². The van der Waals surface area contributed by atoms with E-state index < -0.39 is 17.2 Å². The van der Waals surface area contributed by atoms with E-state index in [1.165, 1.54) is 13.8 Å². The molecule has 0 bridgehead atoms. The standard InChI is InChI=1S/C26H36FN3O5/c1-16-22(17(2)35-29-16)20-14-18(28-23(31)26(6,7)27)11-12-21(20)33-15-19-10-8-9-13-30(19)24(32)34-25(3,4)5/h11-12,14,19H,8-10,13,15H2,1-7H3,(H,28,31)/t19-/m1/s1. The van der Waals surface area contributed by atoms with Crippen LogP contribution in [0.25, 0.3) is 11.1 Å². The number of benzene rings is 1. The van der Waals surface area contributed by atoms with Crippen molar-refractivity contribution in [3.63, 3.8) is 0 Å². The summed E-state index contributed by atoms with van der Waals surface area (Å²) in [5.41, 5.74) is -0.112. The predicted molar refractivity (Wildman–Crippen MR) is 131 cm³/mol. The van der Waals surface area contributed by atoms with Crippen LogP contribution in [0.1, 0.15) is 65.3 Å². The number of hydrogen-bond donors (Lipinski definition) is 1. The van der Waals surface area contributed by atoms with Gasteiger partial charge in [-0.25, -0.2) is 9.18 Å². The van der Waals surface area contributed by atoms with Gasteiger partial charge >= 0.3 is 6.09 Å². The first-order valence-corrected chi connectivity index (χ1v) is 12.0. The van der Waals surface area contributed by atoms with Gasteiger partial charge in [-0.15, -0.1) is 0 Å². The number of piperidine rings is 1. The molecule has 1 N–H and O–H groups in total. The zero-order valence-electron chi connectivity index (χ0n) is 21.7. The molecule has 3 rings (SSSR count). The predicted octanol–water partition coefficient (Wildman–Crippen LogP) is 5.81. The van der Waals surface area contributed by atoms with Crippen molar-refractivity contribution in [3.8, 4) is 16.9 Å². The minimum absolute atomic E-state index is 0.136. The Bertz CT molecular complexity index is 1050. The van der Waals surface area contributed by atoms with E-state index in [9.17, 15) is 14.0 Å². The first kappa shape index (κ1) is 26.5. The number of likely N-dealkylation sites (tertiary alicyclic amines) is 1. The third-order valence-electron chi connectivity index (χ3n) is 5.77. The highest BCUT2D eigenvalue weighted by Crippen LogP contribution is 2.37. The maximum Gasteiger partial charge on any atom is 0.410 e. The van der Waals surface area contributed by atoms with Crippen molar-refractivity contribution in [3.05, 3.63) is 29.7 Å². The van der Waals surface area contributed by atoms with Crippen LogP contribution in [0.2, 0.25) is 0 Å². The molecular formula is C26H36FN3O5. The molecule has 1 aliphatic heterocycles. The summed E-state index contributed by atoms with van der Waals surface area (Å²) in [6, 6.07) is 4.97. The number of nitrogens with one attached hydrogen (secondary N) is 1. The molecular weight excluding hydrogens is 453 g/mol. The maximum absolute atomic E-state index is 14.1. The van der Waals surface area contributed by atoms with Crippen molar-refractivity contribution >= 4 is 17.7 Å². The molecule has 1 aromatic carbocycles.